The molecule has 0 aliphatic rings. The van der Waals surface area contributed by atoms with Crippen LogP contribution in [-0.4, -0.2) is 27.8 Å². The minimum Gasteiger partial charge on any atom is -0.465 e. The van der Waals surface area contributed by atoms with Crippen LogP contribution in [0.15, 0.2) is 63.7 Å². The number of ether oxygens (including phenoxy) is 1. The Morgan fingerprint density at radius 1 is 1.14 bits per heavy atom. The summed E-state index contributed by atoms with van der Waals surface area (Å²) in [4.78, 5) is 13.1. The van der Waals surface area contributed by atoms with E-state index in [0.717, 1.165) is 27.4 Å². The van der Waals surface area contributed by atoms with Crippen molar-refractivity contribution in [2.75, 3.05) is 18.1 Å². The molecule has 0 atom stereocenters. The molecule has 0 saturated carbocycles. The molecule has 3 aromatic rings. The highest BCUT2D eigenvalue weighted by Crippen LogP contribution is 2.37. The first-order chi connectivity index (χ1) is 13.4. The number of aryl methyl sites for hydroxylation is 1. The van der Waals surface area contributed by atoms with Gasteiger partial charge in [-0.3, -0.25) is 4.72 Å². The predicted molar refractivity (Wildman–Crippen MR) is 115 cm³/mol. The van der Waals surface area contributed by atoms with Gasteiger partial charge in [-0.1, -0.05) is 35.9 Å². The molecular formula is C20H19NO4S3. The minimum absolute atomic E-state index is 0.0478. The van der Waals surface area contributed by atoms with E-state index in [2.05, 4.69) is 4.72 Å². The third kappa shape index (κ3) is 4.24. The zero-order valence-electron chi connectivity index (χ0n) is 15.6. The molecule has 3 rings (SSSR count). The van der Waals surface area contributed by atoms with Gasteiger partial charge in [0.05, 0.1) is 7.11 Å². The van der Waals surface area contributed by atoms with E-state index in [1.165, 1.54) is 18.9 Å². The number of nitrogens with one attached hydrogen (secondary N) is 1. The lowest BCUT2D eigenvalue weighted by atomic mass is 10.1. The highest BCUT2D eigenvalue weighted by molar-refractivity contribution is 7.98. The summed E-state index contributed by atoms with van der Waals surface area (Å²) in [6, 6.07) is 14.6. The van der Waals surface area contributed by atoms with Gasteiger partial charge in [-0.05, 0) is 36.9 Å². The Morgan fingerprint density at radius 3 is 2.50 bits per heavy atom. The molecular weight excluding hydrogens is 414 g/mol. The number of hydrogen-bond donors (Lipinski definition) is 1. The fourth-order valence-corrected chi connectivity index (χ4v) is 5.90. The van der Waals surface area contributed by atoms with Gasteiger partial charge in [-0.25, -0.2) is 13.2 Å². The van der Waals surface area contributed by atoms with Crippen LogP contribution < -0.4 is 4.72 Å². The lowest BCUT2D eigenvalue weighted by Crippen LogP contribution is -2.16. The molecule has 0 unspecified atom stereocenters. The predicted octanol–water partition coefficient (Wildman–Crippen LogP) is 5.03. The molecule has 0 amide bonds. The maximum atomic E-state index is 13.2. The van der Waals surface area contributed by atoms with Gasteiger partial charge in [0.1, 0.15) is 9.77 Å². The SMILES string of the molecule is COC(=O)c1scc(-c2ccc(C)cc2)c1S(=O)(=O)Nc1cccc(SC)c1. The number of methoxy groups -OCH3 is 1. The highest BCUT2D eigenvalue weighted by atomic mass is 32.2. The topological polar surface area (TPSA) is 72.5 Å². The van der Waals surface area contributed by atoms with E-state index in [1.54, 1.807) is 23.6 Å². The van der Waals surface area contributed by atoms with Crippen molar-refractivity contribution in [1.29, 1.82) is 0 Å². The number of esters is 1. The molecule has 5 nitrogen and oxygen atoms in total. The number of sulfonamides is 1. The molecule has 0 spiro atoms. The van der Waals surface area contributed by atoms with E-state index in [-0.39, 0.29) is 9.77 Å². The van der Waals surface area contributed by atoms with Gasteiger partial charge in [0.15, 0.2) is 0 Å². The summed E-state index contributed by atoms with van der Waals surface area (Å²) in [6.07, 6.45) is 1.91. The number of rotatable bonds is 6. The molecule has 0 aliphatic carbocycles. The molecule has 28 heavy (non-hydrogen) atoms. The first-order valence-corrected chi connectivity index (χ1v) is 11.9. The van der Waals surface area contributed by atoms with E-state index >= 15 is 0 Å². The van der Waals surface area contributed by atoms with Gasteiger partial charge < -0.3 is 4.74 Å². The third-order valence-electron chi connectivity index (χ3n) is 4.07. The average molecular weight is 434 g/mol. The van der Waals surface area contributed by atoms with Crippen LogP contribution in [0.1, 0.15) is 15.2 Å². The number of carbonyl (C=O) groups is 1. The van der Waals surface area contributed by atoms with E-state index in [9.17, 15) is 13.2 Å². The summed E-state index contributed by atoms with van der Waals surface area (Å²) in [6.45, 7) is 1.95. The second-order valence-corrected chi connectivity index (χ2v) is 9.38. The molecule has 1 aromatic heterocycles. The molecule has 146 valence electrons. The van der Waals surface area contributed by atoms with Crippen molar-refractivity contribution in [3.63, 3.8) is 0 Å². The van der Waals surface area contributed by atoms with E-state index in [0.29, 0.717) is 11.3 Å². The lowest BCUT2D eigenvalue weighted by Gasteiger charge is -2.12. The average Bonchev–Trinajstić information content (AvgIpc) is 3.14. The molecule has 0 saturated heterocycles. The highest BCUT2D eigenvalue weighted by Gasteiger charge is 2.30. The standard InChI is InChI=1S/C20H19NO4S3/c1-13-7-9-14(10-8-13)17-12-27-18(20(22)25-2)19(17)28(23,24)21-15-5-4-6-16(11-15)26-3/h4-12,21H,1-3H3. The normalized spacial score (nSPS) is 11.2. The molecule has 8 heteroatoms. The summed E-state index contributed by atoms with van der Waals surface area (Å²) < 4.78 is 33.9. The Labute approximate surface area is 172 Å². The smallest absolute Gasteiger partial charge is 0.349 e. The van der Waals surface area contributed by atoms with Gasteiger partial charge in [0.25, 0.3) is 10.0 Å². The fraction of sp³-hybridized carbons (Fsp3) is 0.150. The number of hydrogen-bond acceptors (Lipinski definition) is 6. The van der Waals surface area contributed by atoms with Crippen LogP contribution in [0, 0.1) is 6.92 Å². The Bertz CT molecular complexity index is 1100. The van der Waals surface area contributed by atoms with Crippen molar-refractivity contribution >= 4 is 44.8 Å². The summed E-state index contributed by atoms with van der Waals surface area (Å²) in [5.41, 5.74) is 2.68. The van der Waals surface area contributed by atoms with Crippen LogP contribution in [0.4, 0.5) is 5.69 Å². The Balaban J connectivity index is 2.12. The quantitative estimate of drug-likeness (QED) is 0.436. The van der Waals surface area contributed by atoms with Crippen LogP contribution >= 0.6 is 23.1 Å². The van der Waals surface area contributed by atoms with Crippen LogP contribution in [0.2, 0.25) is 0 Å². The number of anilines is 1. The van der Waals surface area contributed by atoms with Crippen molar-refractivity contribution in [1.82, 2.24) is 0 Å². The van der Waals surface area contributed by atoms with Crippen LogP contribution in [0.3, 0.4) is 0 Å². The molecule has 0 fully saturated rings. The van der Waals surface area contributed by atoms with Crippen molar-refractivity contribution in [2.24, 2.45) is 0 Å². The molecule has 1 N–H and O–H groups in total. The summed E-state index contributed by atoms with van der Waals surface area (Å²) in [5.74, 6) is -0.679. The zero-order valence-corrected chi connectivity index (χ0v) is 18.0. The molecule has 0 radical (unpaired) electrons. The minimum atomic E-state index is -4.02. The van der Waals surface area contributed by atoms with Crippen molar-refractivity contribution in [2.45, 2.75) is 16.7 Å². The van der Waals surface area contributed by atoms with Gasteiger partial charge >= 0.3 is 5.97 Å². The Kier molecular flexibility index (Phi) is 6.12. The van der Waals surface area contributed by atoms with Gasteiger partial charge in [0, 0.05) is 21.5 Å². The number of thioether (sulfide) groups is 1. The summed E-state index contributed by atoms with van der Waals surface area (Å²) in [5, 5.41) is 1.67. The van der Waals surface area contributed by atoms with E-state index < -0.39 is 16.0 Å². The molecule has 1 heterocycles. The zero-order chi connectivity index (χ0) is 20.3. The second kappa shape index (κ2) is 8.38. The third-order valence-corrected chi connectivity index (χ3v) is 7.35. The Hall–Kier alpha value is -2.29. The van der Waals surface area contributed by atoms with Crippen molar-refractivity contribution in [3.05, 3.63) is 64.4 Å². The largest absolute Gasteiger partial charge is 0.465 e. The summed E-state index contributed by atoms with van der Waals surface area (Å²) >= 11 is 2.57. The summed E-state index contributed by atoms with van der Waals surface area (Å²) in [7, 11) is -2.78. The molecule has 0 aliphatic heterocycles. The lowest BCUT2D eigenvalue weighted by molar-refractivity contribution is 0.0602. The van der Waals surface area contributed by atoms with Crippen LogP contribution in [0.5, 0.6) is 0 Å². The van der Waals surface area contributed by atoms with Crippen molar-refractivity contribution < 1.29 is 17.9 Å². The number of benzene rings is 2. The first kappa shape index (κ1) is 20.4. The van der Waals surface area contributed by atoms with E-state index in [4.69, 9.17) is 4.74 Å². The second-order valence-electron chi connectivity index (χ2n) is 6.00. The van der Waals surface area contributed by atoms with Gasteiger partial charge in [-0.2, -0.15) is 0 Å². The monoisotopic (exact) mass is 433 g/mol. The van der Waals surface area contributed by atoms with Crippen LogP contribution in [-0.2, 0) is 14.8 Å². The number of thiophene rings is 1. The Morgan fingerprint density at radius 2 is 1.86 bits per heavy atom. The fourth-order valence-electron chi connectivity index (χ4n) is 2.67. The van der Waals surface area contributed by atoms with Gasteiger partial charge in [0.2, 0.25) is 0 Å². The number of carbonyl (C=O) groups excluding carboxylic acids is 1. The van der Waals surface area contributed by atoms with Crippen molar-refractivity contribution in [3.8, 4) is 11.1 Å². The van der Waals surface area contributed by atoms with Crippen LogP contribution in [0.25, 0.3) is 11.1 Å². The van der Waals surface area contributed by atoms with Gasteiger partial charge in [-0.15, -0.1) is 23.1 Å². The maximum Gasteiger partial charge on any atom is 0.349 e. The first-order valence-electron chi connectivity index (χ1n) is 8.29. The maximum absolute atomic E-state index is 13.2. The van der Waals surface area contributed by atoms with E-state index in [1.807, 2.05) is 43.5 Å². The molecule has 2 aromatic carbocycles. The molecule has 0 bridgehead atoms.